The molecule has 0 spiro atoms. The lowest BCUT2D eigenvalue weighted by molar-refractivity contribution is -0.274. The second kappa shape index (κ2) is 5.61. The van der Waals surface area contributed by atoms with Crippen molar-refractivity contribution in [1.29, 1.82) is 0 Å². The molecule has 20 heavy (non-hydrogen) atoms. The number of nitrogens with zero attached hydrogens (tertiary/aromatic N) is 2. The van der Waals surface area contributed by atoms with E-state index < -0.39 is 6.36 Å². The molecule has 4 N–H and O–H groups in total. The number of hydrogen-bond donors (Lipinski definition) is 3. The van der Waals surface area contributed by atoms with Gasteiger partial charge in [-0.15, -0.1) is 13.2 Å². The van der Waals surface area contributed by atoms with Crippen molar-refractivity contribution in [2.24, 2.45) is 5.84 Å². The third-order valence-electron chi connectivity index (χ3n) is 2.12. The first-order valence-electron chi connectivity index (χ1n) is 5.38. The van der Waals surface area contributed by atoms with Crippen LogP contribution in [0.2, 0.25) is 0 Å². The van der Waals surface area contributed by atoms with Crippen LogP contribution in [0, 0.1) is 0 Å². The SMILES string of the molecule is NNc1cncc(Nc2cccc(OC(F)(F)F)c2)n1. The van der Waals surface area contributed by atoms with E-state index in [4.69, 9.17) is 5.84 Å². The Morgan fingerprint density at radius 1 is 1.15 bits per heavy atom. The van der Waals surface area contributed by atoms with Gasteiger partial charge in [0.1, 0.15) is 5.75 Å². The number of rotatable bonds is 4. The summed E-state index contributed by atoms with van der Waals surface area (Å²) in [5.41, 5.74) is 2.68. The van der Waals surface area contributed by atoms with Crippen molar-refractivity contribution in [3.05, 3.63) is 36.7 Å². The number of anilines is 3. The number of benzene rings is 1. The number of nitrogens with two attached hydrogens (primary N) is 1. The molecule has 0 aliphatic rings. The predicted octanol–water partition coefficient (Wildman–Crippen LogP) is 2.40. The van der Waals surface area contributed by atoms with Crippen LogP contribution < -0.4 is 21.3 Å². The average molecular weight is 285 g/mol. The molecule has 1 aromatic heterocycles. The van der Waals surface area contributed by atoms with Gasteiger partial charge in [0.05, 0.1) is 12.4 Å². The molecular weight excluding hydrogens is 275 g/mol. The highest BCUT2D eigenvalue weighted by Gasteiger charge is 2.31. The van der Waals surface area contributed by atoms with Crippen molar-refractivity contribution in [3.63, 3.8) is 0 Å². The standard InChI is InChI=1S/C11H10F3N5O/c12-11(13,14)20-8-3-1-2-7(4-8)17-9-5-16-6-10(18-9)19-15/h1-6H,15H2,(H2,17,18,19). The smallest absolute Gasteiger partial charge is 0.406 e. The Labute approximate surface area is 111 Å². The predicted molar refractivity (Wildman–Crippen MR) is 66.2 cm³/mol. The van der Waals surface area contributed by atoms with Gasteiger partial charge in [0.2, 0.25) is 0 Å². The molecule has 1 heterocycles. The highest BCUT2D eigenvalue weighted by molar-refractivity contribution is 5.58. The van der Waals surface area contributed by atoms with Crippen LogP contribution in [0.1, 0.15) is 0 Å². The fourth-order valence-corrected chi connectivity index (χ4v) is 1.41. The Morgan fingerprint density at radius 3 is 2.60 bits per heavy atom. The first-order valence-corrected chi connectivity index (χ1v) is 5.38. The van der Waals surface area contributed by atoms with E-state index in [1.165, 1.54) is 30.6 Å². The van der Waals surface area contributed by atoms with Crippen LogP contribution in [0.4, 0.5) is 30.5 Å². The Bertz CT molecular complexity index is 590. The molecule has 0 aliphatic heterocycles. The Hall–Kier alpha value is -2.55. The molecule has 0 atom stereocenters. The van der Waals surface area contributed by atoms with E-state index in [2.05, 4.69) is 25.4 Å². The molecule has 1 aromatic carbocycles. The maximum absolute atomic E-state index is 12.1. The van der Waals surface area contributed by atoms with Crippen molar-refractivity contribution in [2.45, 2.75) is 6.36 Å². The number of hydrogen-bond acceptors (Lipinski definition) is 6. The lowest BCUT2D eigenvalue weighted by Crippen LogP contribution is -2.17. The third-order valence-corrected chi connectivity index (χ3v) is 2.12. The summed E-state index contributed by atoms with van der Waals surface area (Å²) in [6, 6.07) is 5.37. The number of halogens is 3. The zero-order valence-electron chi connectivity index (χ0n) is 9.98. The maximum Gasteiger partial charge on any atom is 0.573 e. The number of nitrogens with one attached hydrogen (secondary N) is 2. The largest absolute Gasteiger partial charge is 0.573 e. The van der Waals surface area contributed by atoms with Gasteiger partial charge < -0.3 is 15.5 Å². The van der Waals surface area contributed by atoms with Gasteiger partial charge in [-0.05, 0) is 12.1 Å². The van der Waals surface area contributed by atoms with Gasteiger partial charge in [-0.2, -0.15) is 0 Å². The summed E-state index contributed by atoms with van der Waals surface area (Å²) in [5.74, 6) is 5.49. The minimum Gasteiger partial charge on any atom is -0.406 e. The van der Waals surface area contributed by atoms with E-state index >= 15 is 0 Å². The second-order valence-electron chi connectivity index (χ2n) is 3.63. The van der Waals surface area contributed by atoms with Crippen LogP contribution in [0.15, 0.2) is 36.7 Å². The minimum atomic E-state index is -4.73. The van der Waals surface area contributed by atoms with Crippen molar-refractivity contribution < 1.29 is 17.9 Å². The minimum absolute atomic E-state index is 0.317. The van der Waals surface area contributed by atoms with Crippen LogP contribution >= 0.6 is 0 Å². The highest BCUT2D eigenvalue weighted by atomic mass is 19.4. The lowest BCUT2D eigenvalue weighted by Gasteiger charge is -2.11. The van der Waals surface area contributed by atoms with Crippen molar-refractivity contribution >= 4 is 17.3 Å². The number of nitrogen functional groups attached to an aromatic ring is 1. The van der Waals surface area contributed by atoms with Gasteiger partial charge in [0.15, 0.2) is 11.6 Å². The molecule has 0 fully saturated rings. The van der Waals surface area contributed by atoms with E-state index in [1.807, 2.05) is 0 Å². The van der Waals surface area contributed by atoms with Crippen molar-refractivity contribution in [3.8, 4) is 5.75 Å². The van der Waals surface area contributed by atoms with E-state index in [0.29, 0.717) is 17.3 Å². The van der Waals surface area contributed by atoms with Crippen LogP contribution in [-0.4, -0.2) is 16.3 Å². The summed E-state index contributed by atoms with van der Waals surface area (Å²) in [6.45, 7) is 0. The zero-order chi connectivity index (χ0) is 14.6. The zero-order valence-corrected chi connectivity index (χ0v) is 9.98. The second-order valence-corrected chi connectivity index (χ2v) is 3.63. The summed E-state index contributed by atoms with van der Waals surface area (Å²) >= 11 is 0. The first-order chi connectivity index (χ1) is 9.46. The van der Waals surface area contributed by atoms with E-state index in [9.17, 15) is 13.2 Å². The van der Waals surface area contributed by atoms with Crippen LogP contribution in [-0.2, 0) is 0 Å². The Morgan fingerprint density at radius 2 is 1.90 bits per heavy atom. The van der Waals surface area contributed by atoms with Gasteiger partial charge in [-0.25, -0.2) is 10.8 Å². The topological polar surface area (TPSA) is 85.1 Å². The van der Waals surface area contributed by atoms with E-state index in [0.717, 1.165) is 0 Å². The van der Waals surface area contributed by atoms with Crippen molar-refractivity contribution in [2.75, 3.05) is 10.7 Å². The van der Waals surface area contributed by atoms with Crippen LogP contribution in [0.5, 0.6) is 5.75 Å². The van der Waals surface area contributed by atoms with Gasteiger partial charge in [0, 0.05) is 11.8 Å². The quantitative estimate of drug-likeness (QED) is 0.591. The molecule has 0 amide bonds. The van der Waals surface area contributed by atoms with Gasteiger partial charge in [-0.1, -0.05) is 6.07 Å². The van der Waals surface area contributed by atoms with Gasteiger partial charge in [-0.3, -0.25) is 4.98 Å². The first kappa shape index (κ1) is 13.9. The van der Waals surface area contributed by atoms with Crippen LogP contribution in [0.25, 0.3) is 0 Å². The fraction of sp³-hybridized carbons (Fsp3) is 0.0909. The molecular formula is C11H10F3N5O. The number of aromatic nitrogens is 2. The molecule has 6 nitrogen and oxygen atoms in total. The summed E-state index contributed by atoms with van der Waals surface area (Å²) in [5, 5.41) is 2.79. The Balaban J connectivity index is 2.15. The van der Waals surface area contributed by atoms with Crippen molar-refractivity contribution in [1.82, 2.24) is 9.97 Å². The summed E-state index contributed by atoms with van der Waals surface area (Å²) in [4.78, 5) is 7.87. The monoisotopic (exact) mass is 285 g/mol. The van der Waals surface area contributed by atoms with E-state index in [1.54, 1.807) is 6.07 Å². The molecule has 0 unspecified atom stereocenters. The molecule has 0 radical (unpaired) electrons. The molecule has 0 aliphatic carbocycles. The molecule has 0 saturated heterocycles. The van der Waals surface area contributed by atoms with Crippen LogP contribution in [0.3, 0.4) is 0 Å². The number of alkyl halides is 3. The molecule has 9 heteroatoms. The third kappa shape index (κ3) is 3.99. The highest BCUT2D eigenvalue weighted by Crippen LogP contribution is 2.26. The normalized spacial score (nSPS) is 11.0. The average Bonchev–Trinajstić information content (AvgIpc) is 2.37. The Kier molecular flexibility index (Phi) is 3.89. The summed E-state index contributed by atoms with van der Waals surface area (Å²) < 4.78 is 40.2. The molecule has 0 saturated carbocycles. The molecule has 0 bridgehead atoms. The molecule has 2 aromatic rings. The van der Waals surface area contributed by atoms with Gasteiger partial charge in [0.25, 0.3) is 0 Å². The van der Waals surface area contributed by atoms with Gasteiger partial charge >= 0.3 is 6.36 Å². The molecule has 106 valence electrons. The van der Waals surface area contributed by atoms with E-state index in [-0.39, 0.29) is 5.75 Å². The maximum atomic E-state index is 12.1. The fourth-order valence-electron chi connectivity index (χ4n) is 1.41. The summed E-state index contributed by atoms with van der Waals surface area (Å²) in [7, 11) is 0. The lowest BCUT2D eigenvalue weighted by atomic mass is 10.3. The molecule has 2 rings (SSSR count). The summed E-state index contributed by atoms with van der Waals surface area (Å²) in [6.07, 6.45) is -1.94. The number of hydrazine groups is 1. The number of ether oxygens (including phenoxy) is 1.